The molecule has 110 valence electrons. The molecule has 0 saturated heterocycles. The van der Waals surface area contributed by atoms with E-state index in [1.807, 2.05) is 24.3 Å². The van der Waals surface area contributed by atoms with E-state index in [2.05, 4.69) is 16.4 Å². The summed E-state index contributed by atoms with van der Waals surface area (Å²) in [6, 6.07) is 14.5. The molecular weight excluding hydrogens is 301 g/mol. The summed E-state index contributed by atoms with van der Waals surface area (Å²) in [5, 5.41) is 13.2. The monoisotopic (exact) mass is 313 g/mol. The summed E-state index contributed by atoms with van der Waals surface area (Å²) in [7, 11) is 0. The summed E-state index contributed by atoms with van der Waals surface area (Å²) >= 11 is 0. The molecule has 0 atom stereocenters. The number of para-hydroxylation sites is 1. The fourth-order valence-electron chi connectivity index (χ4n) is 2.18. The summed E-state index contributed by atoms with van der Waals surface area (Å²) < 4.78 is 13.7. The molecule has 0 unspecified atom stereocenters. The van der Waals surface area contributed by atoms with Gasteiger partial charge in [0.25, 0.3) is 0 Å². The summed E-state index contributed by atoms with van der Waals surface area (Å²) in [5.41, 5.74) is 3.04. The smallest absolute Gasteiger partial charge is 0.128 e. The number of nitriles is 1. The molecular formula is C17H13ClFN3. The maximum Gasteiger partial charge on any atom is 0.128 e. The Hall–Kier alpha value is -2.64. The molecule has 0 aliphatic carbocycles. The number of benzene rings is 2. The van der Waals surface area contributed by atoms with Crippen LogP contribution in [0.25, 0.3) is 10.9 Å². The van der Waals surface area contributed by atoms with Gasteiger partial charge in [-0.05, 0) is 30.7 Å². The number of aryl methyl sites for hydroxylation is 1. The number of hydrogen-bond donors (Lipinski definition) is 1. The molecule has 0 spiro atoms. The van der Waals surface area contributed by atoms with E-state index in [1.54, 1.807) is 19.1 Å². The minimum Gasteiger partial charge on any atom is -0.354 e. The van der Waals surface area contributed by atoms with Gasteiger partial charge in [0.05, 0.1) is 16.8 Å². The van der Waals surface area contributed by atoms with Gasteiger partial charge in [-0.1, -0.05) is 24.3 Å². The number of nitrogens with one attached hydrogen (secondary N) is 1. The van der Waals surface area contributed by atoms with Crippen molar-refractivity contribution in [3.8, 4) is 6.07 Å². The number of halogens is 2. The van der Waals surface area contributed by atoms with E-state index < -0.39 is 0 Å². The number of rotatable bonds is 2. The number of nitrogens with zero attached hydrogens (tertiary/aromatic N) is 2. The third-order valence-electron chi connectivity index (χ3n) is 3.34. The minimum absolute atomic E-state index is 0. The second-order valence-corrected chi connectivity index (χ2v) is 4.76. The molecule has 1 heterocycles. The lowest BCUT2D eigenvalue weighted by Gasteiger charge is -2.12. The molecule has 0 bridgehead atoms. The summed E-state index contributed by atoms with van der Waals surface area (Å²) in [4.78, 5) is 4.25. The quantitative estimate of drug-likeness (QED) is 0.744. The van der Waals surface area contributed by atoms with Crippen LogP contribution in [0.15, 0.2) is 48.7 Å². The zero-order valence-electron chi connectivity index (χ0n) is 11.8. The fraction of sp³-hybridized carbons (Fsp3) is 0.0588. The number of fused-ring (bicyclic) bond motifs is 1. The Bertz CT molecular complexity index is 871. The first kappa shape index (κ1) is 15.7. The molecule has 0 radical (unpaired) electrons. The molecule has 1 N–H and O–H groups in total. The number of hydrogen-bond acceptors (Lipinski definition) is 3. The first-order chi connectivity index (χ1) is 10.2. The van der Waals surface area contributed by atoms with E-state index in [1.165, 1.54) is 12.3 Å². The highest BCUT2D eigenvalue weighted by atomic mass is 35.5. The molecule has 3 rings (SSSR count). The highest BCUT2D eigenvalue weighted by Crippen LogP contribution is 2.29. The van der Waals surface area contributed by atoms with E-state index in [4.69, 9.17) is 0 Å². The Morgan fingerprint density at radius 1 is 1.18 bits per heavy atom. The lowest BCUT2D eigenvalue weighted by molar-refractivity contribution is 0.619. The van der Waals surface area contributed by atoms with Gasteiger partial charge in [-0.25, -0.2) is 4.39 Å². The maximum absolute atomic E-state index is 13.7. The van der Waals surface area contributed by atoms with Crippen LogP contribution in [0.2, 0.25) is 0 Å². The molecule has 5 heteroatoms. The Morgan fingerprint density at radius 2 is 1.95 bits per heavy atom. The van der Waals surface area contributed by atoms with Crippen molar-refractivity contribution >= 4 is 34.7 Å². The molecule has 22 heavy (non-hydrogen) atoms. The second-order valence-electron chi connectivity index (χ2n) is 4.76. The van der Waals surface area contributed by atoms with E-state index in [0.717, 1.165) is 10.9 Å². The third kappa shape index (κ3) is 2.85. The first-order valence-corrected chi connectivity index (χ1v) is 6.50. The number of pyridine rings is 1. The Morgan fingerprint density at radius 3 is 2.68 bits per heavy atom. The van der Waals surface area contributed by atoms with Gasteiger partial charge in [-0.3, -0.25) is 4.98 Å². The molecule has 0 amide bonds. The van der Waals surface area contributed by atoms with Crippen molar-refractivity contribution in [2.24, 2.45) is 0 Å². The molecule has 0 aliphatic rings. The predicted octanol–water partition coefficient (Wildman–Crippen LogP) is 4.72. The Labute approximate surface area is 133 Å². The maximum atomic E-state index is 13.7. The SMILES string of the molecule is Cc1ccc(Nc2c(C#N)cnc3ccccc23)cc1F.Cl. The molecule has 0 aliphatic heterocycles. The summed E-state index contributed by atoms with van der Waals surface area (Å²) in [6.07, 6.45) is 1.52. The summed E-state index contributed by atoms with van der Waals surface area (Å²) in [6.45, 7) is 1.71. The van der Waals surface area contributed by atoms with Gasteiger partial charge in [-0.2, -0.15) is 5.26 Å². The van der Waals surface area contributed by atoms with Crippen molar-refractivity contribution in [3.05, 3.63) is 65.6 Å². The van der Waals surface area contributed by atoms with Gasteiger partial charge in [-0.15, -0.1) is 12.4 Å². The van der Waals surface area contributed by atoms with Crippen LogP contribution in [0.4, 0.5) is 15.8 Å². The van der Waals surface area contributed by atoms with E-state index in [-0.39, 0.29) is 18.2 Å². The lowest BCUT2D eigenvalue weighted by Crippen LogP contribution is -1.97. The summed E-state index contributed by atoms with van der Waals surface area (Å²) in [5.74, 6) is -0.281. The van der Waals surface area contributed by atoms with Crippen molar-refractivity contribution < 1.29 is 4.39 Å². The van der Waals surface area contributed by atoms with Gasteiger partial charge >= 0.3 is 0 Å². The van der Waals surface area contributed by atoms with Crippen molar-refractivity contribution in [1.29, 1.82) is 5.26 Å². The van der Waals surface area contributed by atoms with Gasteiger partial charge in [0, 0.05) is 17.3 Å². The highest BCUT2D eigenvalue weighted by molar-refractivity contribution is 5.95. The average Bonchev–Trinajstić information content (AvgIpc) is 2.51. The zero-order valence-corrected chi connectivity index (χ0v) is 12.6. The fourth-order valence-corrected chi connectivity index (χ4v) is 2.18. The first-order valence-electron chi connectivity index (χ1n) is 6.50. The highest BCUT2D eigenvalue weighted by Gasteiger charge is 2.09. The second kappa shape index (κ2) is 6.42. The van der Waals surface area contributed by atoms with Crippen LogP contribution in [0.1, 0.15) is 11.1 Å². The normalized spacial score (nSPS) is 9.86. The van der Waals surface area contributed by atoms with Crippen LogP contribution >= 0.6 is 12.4 Å². The Kier molecular flexibility index (Phi) is 4.59. The molecule has 1 aromatic heterocycles. The van der Waals surface area contributed by atoms with Crippen LogP contribution in [0.3, 0.4) is 0 Å². The third-order valence-corrected chi connectivity index (χ3v) is 3.34. The van der Waals surface area contributed by atoms with Crippen molar-refractivity contribution in [1.82, 2.24) is 4.98 Å². The molecule has 0 fully saturated rings. The zero-order chi connectivity index (χ0) is 14.8. The van der Waals surface area contributed by atoms with Crippen LogP contribution in [-0.4, -0.2) is 4.98 Å². The van der Waals surface area contributed by atoms with Crippen LogP contribution in [0, 0.1) is 24.1 Å². The van der Waals surface area contributed by atoms with Gasteiger partial charge in [0.1, 0.15) is 11.9 Å². The van der Waals surface area contributed by atoms with Gasteiger partial charge < -0.3 is 5.32 Å². The molecule has 2 aromatic carbocycles. The number of aromatic nitrogens is 1. The van der Waals surface area contributed by atoms with E-state index in [9.17, 15) is 9.65 Å². The average molecular weight is 314 g/mol. The molecule has 3 aromatic rings. The van der Waals surface area contributed by atoms with Crippen molar-refractivity contribution in [2.75, 3.05) is 5.32 Å². The van der Waals surface area contributed by atoms with E-state index in [0.29, 0.717) is 22.5 Å². The Balaban J connectivity index is 0.00000176. The minimum atomic E-state index is -0.281. The van der Waals surface area contributed by atoms with Crippen LogP contribution in [-0.2, 0) is 0 Å². The van der Waals surface area contributed by atoms with Gasteiger partial charge in [0.2, 0.25) is 0 Å². The molecule has 3 nitrogen and oxygen atoms in total. The topological polar surface area (TPSA) is 48.7 Å². The van der Waals surface area contributed by atoms with Crippen molar-refractivity contribution in [2.45, 2.75) is 6.92 Å². The lowest BCUT2D eigenvalue weighted by atomic mass is 10.1. The molecule has 0 saturated carbocycles. The van der Waals surface area contributed by atoms with Gasteiger partial charge in [0.15, 0.2) is 0 Å². The standard InChI is InChI=1S/C17H12FN3.ClH/c1-11-6-7-13(8-15(11)18)21-17-12(9-19)10-20-16-5-3-2-4-14(16)17;/h2-8,10H,1H3,(H,20,21);1H. The van der Waals surface area contributed by atoms with Crippen molar-refractivity contribution in [3.63, 3.8) is 0 Å². The van der Waals surface area contributed by atoms with Crippen LogP contribution < -0.4 is 5.32 Å². The largest absolute Gasteiger partial charge is 0.354 e. The predicted molar refractivity (Wildman–Crippen MR) is 88.1 cm³/mol. The van der Waals surface area contributed by atoms with Crippen LogP contribution in [0.5, 0.6) is 0 Å². The number of anilines is 2. The van der Waals surface area contributed by atoms with E-state index >= 15 is 0 Å².